The van der Waals surface area contributed by atoms with Crippen molar-refractivity contribution in [1.29, 1.82) is 0 Å². The zero-order valence-electron chi connectivity index (χ0n) is 14.7. The third-order valence-electron chi connectivity index (χ3n) is 4.53. The van der Waals surface area contributed by atoms with Gasteiger partial charge in [-0.25, -0.2) is 13.2 Å². The van der Waals surface area contributed by atoms with Gasteiger partial charge in [-0.1, -0.05) is 0 Å². The number of halogens is 3. The number of carboxylic acid groups (broad SMARTS) is 1. The van der Waals surface area contributed by atoms with Crippen LogP contribution >= 0.6 is 0 Å². The first kappa shape index (κ1) is 20.6. The van der Waals surface area contributed by atoms with Crippen LogP contribution in [0.2, 0.25) is 0 Å². The first-order valence-corrected chi connectivity index (χ1v) is 9.77. The second-order valence-corrected chi connectivity index (χ2v) is 8.23. The van der Waals surface area contributed by atoms with Crippen LogP contribution in [0, 0.1) is 5.41 Å². The smallest absolute Gasteiger partial charge is 0.403 e. The number of hydrogen-bond donors (Lipinski definition) is 3. The Morgan fingerprint density at radius 1 is 0.931 bits per heavy atom. The lowest BCUT2D eigenvalue weighted by Crippen LogP contribution is -2.36. The molecular formula is C18H15F3N2O5S. The van der Waals surface area contributed by atoms with Crippen molar-refractivity contribution >= 4 is 33.3 Å². The van der Waals surface area contributed by atoms with Crippen LogP contribution in [0.3, 0.4) is 0 Å². The van der Waals surface area contributed by atoms with Crippen LogP contribution in [0.5, 0.6) is 0 Å². The molecule has 0 heterocycles. The van der Waals surface area contributed by atoms with Crippen LogP contribution in [-0.4, -0.2) is 31.6 Å². The average Bonchev–Trinajstić information content (AvgIpc) is 3.44. The molecule has 0 radical (unpaired) electrons. The normalized spacial score (nSPS) is 15.4. The molecule has 0 spiro atoms. The average molecular weight is 428 g/mol. The number of hydrogen-bond acceptors (Lipinski definition) is 4. The fourth-order valence-electron chi connectivity index (χ4n) is 2.63. The summed E-state index contributed by atoms with van der Waals surface area (Å²) >= 11 is 0. The van der Waals surface area contributed by atoms with Gasteiger partial charge in [0.15, 0.2) is 0 Å². The molecule has 1 aliphatic carbocycles. The fourth-order valence-corrected chi connectivity index (χ4v) is 3.69. The summed E-state index contributed by atoms with van der Waals surface area (Å²) in [5.74, 6) is -2.33. The maximum Gasteiger partial charge on any atom is 0.403 e. The van der Waals surface area contributed by atoms with Crippen molar-refractivity contribution in [3.05, 3.63) is 54.1 Å². The Hall–Kier alpha value is -3.08. The van der Waals surface area contributed by atoms with Crippen LogP contribution in [0.15, 0.2) is 53.4 Å². The van der Waals surface area contributed by atoms with Crippen LogP contribution in [0.1, 0.15) is 23.2 Å². The predicted molar refractivity (Wildman–Crippen MR) is 97.0 cm³/mol. The van der Waals surface area contributed by atoms with E-state index in [2.05, 4.69) is 10.0 Å². The van der Waals surface area contributed by atoms with Crippen LogP contribution < -0.4 is 10.0 Å². The second kappa shape index (κ2) is 7.07. The maximum atomic E-state index is 13.0. The quantitative estimate of drug-likeness (QED) is 0.652. The SMILES string of the molecule is O=C(O)c1ccc(NS(=O)(=O)c2ccc(NC(=O)C3(C(F)(F)F)CC3)cc2)cc1. The molecule has 1 fully saturated rings. The molecule has 154 valence electrons. The summed E-state index contributed by atoms with van der Waals surface area (Å²) in [6.45, 7) is 0. The minimum Gasteiger partial charge on any atom is -0.478 e. The fraction of sp³-hybridized carbons (Fsp3) is 0.222. The summed E-state index contributed by atoms with van der Waals surface area (Å²) in [6.07, 6.45) is -5.20. The van der Waals surface area contributed by atoms with Gasteiger partial charge in [0.25, 0.3) is 10.0 Å². The van der Waals surface area contributed by atoms with Crippen molar-refractivity contribution in [2.75, 3.05) is 10.0 Å². The molecule has 0 unspecified atom stereocenters. The van der Waals surface area contributed by atoms with Gasteiger partial charge in [-0.15, -0.1) is 0 Å². The summed E-state index contributed by atoms with van der Waals surface area (Å²) in [6, 6.07) is 9.66. The number of alkyl halides is 3. The standard InChI is InChI=1S/C18H15F3N2O5S/c19-18(20,21)17(9-10-17)16(26)22-12-5-7-14(8-6-12)29(27,28)23-13-3-1-11(2-4-13)15(24)25/h1-8,23H,9-10H2,(H,22,26)(H,24,25). The molecule has 7 nitrogen and oxygen atoms in total. The third kappa shape index (κ3) is 4.19. The summed E-state index contributed by atoms with van der Waals surface area (Å²) < 4.78 is 65.9. The van der Waals surface area contributed by atoms with E-state index in [9.17, 15) is 31.2 Å². The number of sulfonamides is 1. The first-order valence-electron chi connectivity index (χ1n) is 8.29. The predicted octanol–water partition coefficient (Wildman–Crippen LogP) is 3.47. The van der Waals surface area contributed by atoms with E-state index in [1.165, 1.54) is 36.4 Å². The molecule has 11 heteroatoms. The zero-order valence-corrected chi connectivity index (χ0v) is 15.5. The van der Waals surface area contributed by atoms with E-state index < -0.39 is 33.5 Å². The van der Waals surface area contributed by atoms with Gasteiger partial charge >= 0.3 is 12.1 Å². The second-order valence-electron chi connectivity index (χ2n) is 6.55. The highest BCUT2D eigenvalue weighted by atomic mass is 32.2. The van der Waals surface area contributed by atoms with Crippen LogP contribution in [0.25, 0.3) is 0 Å². The molecule has 3 rings (SSSR count). The Balaban J connectivity index is 1.70. The number of carbonyl (C=O) groups excluding carboxylic acids is 1. The molecular weight excluding hydrogens is 413 g/mol. The van der Waals surface area contributed by atoms with Gasteiger partial charge in [-0.3, -0.25) is 9.52 Å². The number of anilines is 2. The molecule has 0 aliphatic heterocycles. The van der Waals surface area contributed by atoms with Gasteiger partial charge in [0.2, 0.25) is 5.91 Å². The molecule has 1 amide bonds. The van der Waals surface area contributed by atoms with E-state index in [1.54, 1.807) is 0 Å². The number of benzene rings is 2. The molecule has 3 N–H and O–H groups in total. The molecule has 2 aromatic rings. The van der Waals surface area contributed by atoms with Gasteiger partial charge in [0, 0.05) is 11.4 Å². The monoisotopic (exact) mass is 428 g/mol. The Kier molecular flexibility index (Phi) is 5.03. The topological polar surface area (TPSA) is 113 Å². The maximum absolute atomic E-state index is 13.0. The van der Waals surface area contributed by atoms with Crippen LogP contribution in [-0.2, 0) is 14.8 Å². The Bertz CT molecular complexity index is 1040. The number of amides is 1. The minimum atomic E-state index is -4.64. The first-order chi connectivity index (χ1) is 13.4. The van der Waals surface area contributed by atoms with Gasteiger partial charge in [-0.2, -0.15) is 13.2 Å². The minimum absolute atomic E-state index is 0.0136. The highest BCUT2D eigenvalue weighted by Crippen LogP contribution is 2.58. The van der Waals surface area contributed by atoms with E-state index in [4.69, 9.17) is 5.11 Å². The summed E-state index contributed by atoms with van der Waals surface area (Å²) in [7, 11) is -4.02. The van der Waals surface area contributed by atoms with E-state index >= 15 is 0 Å². The molecule has 0 atom stereocenters. The van der Waals surface area contributed by atoms with Crippen molar-refractivity contribution in [1.82, 2.24) is 0 Å². The van der Waals surface area contributed by atoms with Crippen molar-refractivity contribution < 1.29 is 36.3 Å². The highest BCUT2D eigenvalue weighted by Gasteiger charge is 2.68. The van der Waals surface area contributed by atoms with E-state index in [-0.39, 0.29) is 34.7 Å². The van der Waals surface area contributed by atoms with E-state index in [1.807, 2.05) is 0 Å². The number of rotatable bonds is 6. The van der Waals surface area contributed by atoms with Gasteiger partial charge in [0.05, 0.1) is 10.5 Å². The molecule has 0 aromatic heterocycles. The van der Waals surface area contributed by atoms with Crippen molar-refractivity contribution in [3.63, 3.8) is 0 Å². The van der Waals surface area contributed by atoms with Gasteiger partial charge < -0.3 is 10.4 Å². The summed E-state index contributed by atoms with van der Waals surface area (Å²) in [4.78, 5) is 22.6. The molecule has 29 heavy (non-hydrogen) atoms. The zero-order chi connectivity index (χ0) is 21.4. The van der Waals surface area contributed by atoms with Crippen molar-refractivity contribution in [2.45, 2.75) is 23.9 Å². The number of nitrogens with one attached hydrogen (secondary N) is 2. The molecule has 1 aliphatic rings. The Morgan fingerprint density at radius 3 is 1.90 bits per heavy atom. The molecule has 0 saturated heterocycles. The van der Waals surface area contributed by atoms with Crippen molar-refractivity contribution in [3.8, 4) is 0 Å². The third-order valence-corrected chi connectivity index (χ3v) is 5.93. The van der Waals surface area contributed by atoms with E-state index in [0.717, 1.165) is 12.1 Å². The lowest BCUT2D eigenvalue weighted by Gasteiger charge is -2.18. The summed E-state index contributed by atoms with van der Waals surface area (Å²) in [5.41, 5.74) is -2.22. The molecule has 1 saturated carbocycles. The largest absolute Gasteiger partial charge is 0.478 e. The molecule has 0 bridgehead atoms. The van der Waals surface area contributed by atoms with E-state index in [0.29, 0.717) is 0 Å². The number of aromatic carboxylic acids is 1. The molecule has 2 aromatic carbocycles. The Morgan fingerprint density at radius 2 is 1.45 bits per heavy atom. The van der Waals surface area contributed by atoms with Crippen LogP contribution in [0.4, 0.5) is 24.5 Å². The lowest BCUT2D eigenvalue weighted by atomic mass is 10.1. The number of carboxylic acids is 1. The number of carbonyl (C=O) groups is 2. The highest BCUT2D eigenvalue weighted by molar-refractivity contribution is 7.92. The Labute approximate surface area is 163 Å². The lowest BCUT2D eigenvalue weighted by molar-refractivity contribution is -0.189. The van der Waals surface area contributed by atoms with Crippen molar-refractivity contribution in [2.24, 2.45) is 5.41 Å². The van der Waals surface area contributed by atoms with Gasteiger partial charge in [-0.05, 0) is 61.4 Å². The van der Waals surface area contributed by atoms with Gasteiger partial charge in [0.1, 0.15) is 5.41 Å². The summed E-state index contributed by atoms with van der Waals surface area (Å²) in [5, 5.41) is 11.0.